The zero-order valence-electron chi connectivity index (χ0n) is 20.9. The van der Waals surface area contributed by atoms with Crippen LogP contribution >= 0.6 is 0 Å². The summed E-state index contributed by atoms with van der Waals surface area (Å²) in [5, 5.41) is 5.74. The molecule has 2 aliphatic rings. The van der Waals surface area contributed by atoms with Crippen LogP contribution in [0.2, 0.25) is 0 Å². The number of rotatable bonds is 8. The van der Waals surface area contributed by atoms with Gasteiger partial charge in [0.2, 0.25) is 18.6 Å². The van der Waals surface area contributed by atoms with Crippen LogP contribution in [0.1, 0.15) is 45.6 Å². The Kier molecular flexibility index (Phi) is 7.80. The summed E-state index contributed by atoms with van der Waals surface area (Å²) in [4.78, 5) is 27.0. The molecule has 8 heteroatoms. The minimum atomic E-state index is -0.178. The van der Waals surface area contributed by atoms with Crippen LogP contribution in [0.5, 0.6) is 17.2 Å². The van der Waals surface area contributed by atoms with Crippen molar-refractivity contribution < 1.29 is 23.8 Å². The summed E-state index contributed by atoms with van der Waals surface area (Å²) in [6.45, 7) is 7.15. The molecule has 4 rings (SSSR count). The van der Waals surface area contributed by atoms with Gasteiger partial charge in [-0.25, -0.2) is 0 Å². The molecule has 2 amide bonds. The van der Waals surface area contributed by atoms with E-state index >= 15 is 0 Å². The monoisotopic (exact) mass is 481 g/mol. The third kappa shape index (κ3) is 6.06. The average molecular weight is 482 g/mol. The first-order chi connectivity index (χ1) is 16.8. The van der Waals surface area contributed by atoms with Gasteiger partial charge in [0.1, 0.15) is 5.75 Å². The second-order valence-corrected chi connectivity index (χ2v) is 9.57. The van der Waals surface area contributed by atoms with Crippen LogP contribution in [0.4, 0.5) is 11.4 Å². The Morgan fingerprint density at radius 1 is 1.06 bits per heavy atom. The Labute approximate surface area is 206 Å². The number of amides is 2. The topological polar surface area (TPSA) is 89.1 Å². The number of fused-ring (bicyclic) bond motifs is 1. The summed E-state index contributed by atoms with van der Waals surface area (Å²) in [6, 6.07) is 11.5. The van der Waals surface area contributed by atoms with E-state index in [2.05, 4.69) is 29.4 Å². The van der Waals surface area contributed by atoms with Gasteiger partial charge in [-0.15, -0.1) is 0 Å². The van der Waals surface area contributed by atoms with Crippen molar-refractivity contribution in [3.8, 4) is 17.2 Å². The predicted molar refractivity (Wildman–Crippen MR) is 135 cm³/mol. The number of carbonyl (C=O) groups is 2. The number of nitrogens with one attached hydrogen (secondary N) is 2. The molecule has 1 aliphatic heterocycles. The van der Waals surface area contributed by atoms with Gasteiger partial charge in [0.05, 0.1) is 19.3 Å². The molecule has 0 bridgehead atoms. The molecule has 3 atom stereocenters. The van der Waals surface area contributed by atoms with Crippen molar-refractivity contribution in [3.05, 3.63) is 42.0 Å². The van der Waals surface area contributed by atoms with Gasteiger partial charge >= 0.3 is 0 Å². The predicted octanol–water partition coefficient (Wildman–Crippen LogP) is 4.65. The third-order valence-corrected chi connectivity index (χ3v) is 7.10. The molecule has 2 aromatic carbocycles. The molecule has 0 spiro atoms. The van der Waals surface area contributed by atoms with Crippen LogP contribution in [0.25, 0.3) is 0 Å². The van der Waals surface area contributed by atoms with E-state index in [1.54, 1.807) is 25.3 Å². The molecule has 3 unspecified atom stereocenters. The van der Waals surface area contributed by atoms with Gasteiger partial charge in [0, 0.05) is 25.2 Å². The van der Waals surface area contributed by atoms with Crippen LogP contribution in [0.3, 0.4) is 0 Å². The second kappa shape index (κ2) is 11.0. The lowest BCUT2D eigenvalue weighted by Gasteiger charge is -2.41. The van der Waals surface area contributed by atoms with E-state index in [1.165, 1.54) is 13.3 Å². The fraction of sp³-hybridized carbons (Fsp3) is 0.481. The van der Waals surface area contributed by atoms with E-state index in [-0.39, 0.29) is 25.2 Å². The molecule has 1 aliphatic carbocycles. The van der Waals surface area contributed by atoms with Crippen molar-refractivity contribution in [1.82, 2.24) is 4.90 Å². The Morgan fingerprint density at radius 3 is 2.63 bits per heavy atom. The highest BCUT2D eigenvalue weighted by Crippen LogP contribution is 2.36. The fourth-order valence-corrected chi connectivity index (χ4v) is 5.09. The summed E-state index contributed by atoms with van der Waals surface area (Å²) >= 11 is 0. The van der Waals surface area contributed by atoms with Gasteiger partial charge in [0.25, 0.3) is 0 Å². The number of benzene rings is 2. The number of ether oxygens (including phenoxy) is 3. The lowest BCUT2D eigenvalue weighted by atomic mass is 9.77. The van der Waals surface area contributed by atoms with E-state index in [9.17, 15) is 9.59 Å². The van der Waals surface area contributed by atoms with Crippen molar-refractivity contribution >= 4 is 23.2 Å². The highest BCUT2D eigenvalue weighted by atomic mass is 16.7. The van der Waals surface area contributed by atoms with E-state index in [4.69, 9.17) is 14.2 Å². The van der Waals surface area contributed by atoms with E-state index in [0.29, 0.717) is 41.5 Å². The van der Waals surface area contributed by atoms with Crippen LogP contribution in [0.15, 0.2) is 36.4 Å². The molecule has 35 heavy (non-hydrogen) atoms. The molecule has 1 fully saturated rings. The van der Waals surface area contributed by atoms with Crippen molar-refractivity contribution in [3.63, 3.8) is 0 Å². The summed E-state index contributed by atoms with van der Waals surface area (Å²) in [5.41, 5.74) is 2.20. The molecule has 1 heterocycles. The first kappa shape index (κ1) is 24.9. The summed E-state index contributed by atoms with van der Waals surface area (Å²) in [5.74, 6) is 2.81. The maximum Gasteiger partial charge on any atom is 0.238 e. The maximum atomic E-state index is 13.3. The Morgan fingerprint density at radius 2 is 1.86 bits per heavy atom. The summed E-state index contributed by atoms with van der Waals surface area (Å²) < 4.78 is 16.4. The molecule has 0 saturated heterocycles. The second-order valence-electron chi connectivity index (χ2n) is 9.57. The Balaban J connectivity index is 1.53. The normalized spacial score (nSPS) is 21.0. The Hall–Kier alpha value is -3.26. The van der Waals surface area contributed by atoms with Gasteiger partial charge in [-0.1, -0.05) is 32.8 Å². The summed E-state index contributed by atoms with van der Waals surface area (Å²) in [6.07, 6.45) is 3.43. The zero-order chi connectivity index (χ0) is 24.9. The smallest absolute Gasteiger partial charge is 0.238 e. The lowest BCUT2D eigenvalue weighted by Crippen LogP contribution is -2.46. The van der Waals surface area contributed by atoms with E-state index in [0.717, 1.165) is 29.9 Å². The van der Waals surface area contributed by atoms with Crippen molar-refractivity contribution in [2.45, 2.75) is 52.6 Å². The number of methoxy groups -OCH3 is 1. The van der Waals surface area contributed by atoms with Crippen molar-refractivity contribution in [2.75, 3.05) is 31.1 Å². The maximum absolute atomic E-state index is 13.3. The van der Waals surface area contributed by atoms with Crippen LogP contribution < -0.4 is 24.8 Å². The van der Waals surface area contributed by atoms with E-state index < -0.39 is 0 Å². The SMILES string of the molecule is COc1ccc(NC(C)=O)cc1NC(=O)CN(Cc1ccc2c(c1)OCO2)C1CCCC(C)C1C. The van der Waals surface area contributed by atoms with Crippen molar-refractivity contribution in [1.29, 1.82) is 0 Å². The highest BCUT2D eigenvalue weighted by Gasteiger charge is 2.33. The number of hydrogen-bond acceptors (Lipinski definition) is 6. The van der Waals surface area contributed by atoms with Crippen molar-refractivity contribution in [2.24, 2.45) is 11.8 Å². The van der Waals surface area contributed by atoms with Gasteiger partial charge in [-0.3, -0.25) is 14.5 Å². The standard InChI is InChI=1S/C27H35N3O5/c1-17-6-5-7-23(18(17)2)30(14-20-8-10-25-26(12-20)35-16-34-25)15-27(32)29-22-13-21(28-19(3)31)9-11-24(22)33-4/h8-13,17-18,23H,5-7,14-16H2,1-4H3,(H,28,31)(H,29,32). The molecule has 0 aromatic heterocycles. The number of anilines is 2. The number of carbonyl (C=O) groups excluding carboxylic acids is 2. The van der Waals surface area contributed by atoms with Gasteiger partial charge in [-0.2, -0.15) is 0 Å². The molecular formula is C27H35N3O5. The van der Waals surface area contributed by atoms with E-state index in [1.807, 2.05) is 18.2 Å². The fourth-order valence-electron chi connectivity index (χ4n) is 5.09. The van der Waals surface area contributed by atoms with Crippen LogP contribution in [-0.4, -0.2) is 43.2 Å². The van der Waals surface area contributed by atoms with Crippen LogP contribution in [0, 0.1) is 11.8 Å². The van der Waals surface area contributed by atoms with Crippen LogP contribution in [-0.2, 0) is 16.1 Å². The quantitative estimate of drug-likeness (QED) is 0.571. The molecular weight excluding hydrogens is 446 g/mol. The number of hydrogen-bond donors (Lipinski definition) is 2. The highest BCUT2D eigenvalue weighted by molar-refractivity contribution is 5.95. The van der Waals surface area contributed by atoms with Gasteiger partial charge in [-0.05, 0) is 54.2 Å². The molecule has 188 valence electrons. The lowest BCUT2D eigenvalue weighted by molar-refractivity contribution is -0.118. The molecule has 0 radical (unpaired) electrons. The molecule has 2 N–H and O–H groups in total. The summed E-state index contributed by atoms with van der Waals surface area (Å²) in [7, 11) is 1.56. The molecule has 1 saturated carbocycles. The van der Waals surface area contributed by atoms with Gasteiger partial charge < -0.3 is 24.8 Å². The largest absolute Gasteiger partial charge is 0.495 e. The molecule has 8 nitrogen and oxygen atoms in total. The first-order valence-electron chi connectivity index (χ1n) is 12.2. The Bertz CT molecular complexity index is 1070. The minimum Gasteiger partial charge on any atom is -0.495 e. The average Bonchev–Trinajstić information content (AvgIpc) is 3.28. The minimum absolute atomic E-state index is 0.130. The zero-order valence-corrected chi connectivity index (χ0v) is 20.9. The third-order valence-electron chi connectivity index (χ3n) is 7.10. The molecule has 2 aromatic rings. The number of nitrogens with zero attached hydrogens (tertiary/aromatic N) is 1. The van der Waals surface area contributed by atoms with Gasteiger partial charge in [0.15, 0.2) is 11.5 Å². The first-order valence-corrected chi connectivity index (χ1v) is 12.2.